The normalized spacial score (nSPS) is 44.3. The fourth-order valence-corrected chi connectivity index (χ4v) is 1.94. The Morgan fingerprint density at radius 3 is 2.07 bits per heavy atom. The molecule has 84 valence electrons. The summed E-state index contributed by atoms with van der Waals surface area (Å²) in [7, 11) is -5.16. The molecule has 8 nitrogen and oxygen atoms in total. The lowest BCUT2D eigenvalue weighted by molar-refractivity contribution is -0.181. The van der Waals surface area contributed by atoms with Crippen molar-refractivity contribution in [1.29, 1.82) is 0 Å². The first-order valence-corrected chi connectivity index (χ1v) is 5.28. The highest BCUT2D eigenvalue weighted by atomic mass is 31.2. The first kappa shape index (κ1) is 12.0. The van der Waals surface area contributed by atoms with Gasteiger partial charge in [-0.25, -0.2) is 0 Å². The third-order valence-corrected chi connectivity index (χ3v) is 3.22. The quantitative estimate of drug-likeness (QED) is 0.274. The lowest BCUT2D eigenvalue weighted by Gasteiger charge is -2.25. The number of aliphatic hydroxyl groups is 4. The fraction of sp³-hybridized carbons (Fsp3) is 1.00. The molecule has 1 saturated heterocycles. The molecule has 4 atom stereocenters. The van der Waals surface area contributed by atoms with Gasteiger partial charge < -0.3 is 34.9 Å². The molecule has 0 aromatic rings. The lowest BCUT2D eigenvalue weighted by Crippen LogP contribution is -2.42. The van der Waals surface area contributed by atoms with Gasteiger partial charge >= 0.3 is 7.60 Å². The van der Waals surface area contributed by atoms with Gasteiger partial charge in [-0.05, 0) is 0 Å². The minimum absolute atomic E-state index is 0.777. The summed E-state index contributed by atoms with van der Waals surface area (Å²) in [5.74, 6) is 0. The average molecular weight is 230 g/mol. The molecular formula is C5H11O8P. The third kappa shape index (κ3) is 1.60. The maximum Gasteiger partial charge on any atom is 0.387 e. The maximum atomic E-state index is 10.7. The number of rotatable bonds is 2. The Labute approximate surface area is 78.5 Å². The average Bonchev–Trinajstić information content (AvgIpc) is 2.29. The monoisotopic (exact) mass is 230 g/mol. The second-order valence-corrected chi connectivity index (χ2v) is 4.71. The second kappa shape index (κ2) is 3.51. The van der Waals surface area contributed by atoms with Gasteiger partial charge in [0, 0.05) is 0 Å². The highest BCUT2D eigenvalue weighted by Gasteiger charge is 2.63. The number of aliphatic hydroxyl groups excluding tert-OH is 3. The Hall–Kier alpha value is -0.0500. The van der Waals surface area contributed by atoms with Crippen LogP contribution < -0.4 is 0 Å². The molecule has 0 aliphatic carbocycles. The van der Waals surface area contributed by atoms with Gasteiger partial charge in [0.25, 0.3) is 5.53 Å². The van der Waals surface area contributed by atoms with Crippen molar-refractivity contribution in [1.82, 2.24) is 0 Å². The number of hydrogen-bond donors (Lipinski definition) is 6. The Balaban J connectivity index is 2.99. The van der Waals surface area contributed by atoms with Gasteiger partial charge in [-0.2, -0.15) is 0 Å². The van der Waals surface area contributed by atoms with E-state index in [4.69, 9.17) is 25.1 Å². The van der Waals surface area contributed by atoms with Gasteiger partial charge in [0.1, 0.15) is 18.3 Å². The van der Waals surface area contributed by atoms with Crippen molar-refractivity contribution in [3.05, 3.63) is 0 Å². The molecule has 0 radical (unpaired) electrons. The molecule has 1 unspecified atom stereocenters. The van der Waals surface area contributed by atoms with E-state index in [0.29, 0.717) is 0 Å². The third-order valence-electron chi connectivity index (χ3n) is 2.01. The van der Waals surface area contributed by atoms with Crippen molar-refractivity contribution >= 4 is 7.60 Å². The largest absolute Gasteiger partial charge is 0.394 e. The first-order valence-electron chi connectivity index (χ1n) is 3.67. The Bertz CT molecular complexity index is 262. The summed E-state index contributed by atoms with van der Waals surface area (Å²) in [6.07, 6.45) is -5.35. The zero-order chi connectivity index (χ0) is 11.1. The van der Waals surface area contributed by atoms with Crippen molar-refractivity contribution < 1.29 is 39.5 Å². The van der Waals surface area contributed by atoms with Gasteiger partial charge in [-0.1, -0.05) is 0 Å². The molecule has 0 spiro atoms. The molecular weight excluding hydrogens is 219 g/mol. The molecule has 1 rings (SSSR count). The van der Waals surface area contributed by atoms with Crippen molar-refractivity contribution in [3.63, 3.8) is 0 Å². The first-order chi connectivity index (χ1) is 6.24. The molecule has 6 N–H and O–H groups in total. The van der Waals surface area contributed by atoms with E-state index < -0.39 is 38.0 Å². The van der Waals surface area contributed by atoms with Crippen LogP contribution in [-0.2, 0) is 9.30 Å². The molecule has 9 heteroatoms. The topological polar surface area (TPSA) is 148 Å². The van der Waals surface area contributed by atoms with Crippen molar-refractivity contribution in [2.75, 3.05) is 6.61 Å². The summed E-state index contributed by atoms with van der Waals surface area (Å²) in [5, 5.41) is 36.1. The summed E-state index contributed by atoms with van der Waals surface area (Å²) in [6.45, 7) is -0.777. The van der Waals surface area contributed by atoms with Crippen LogP contribution in [-0.4, -0.2) is 60.7 Å². The highest BCUT2D eigenvalue weighted by molar-refractivity contribution is 7.53. The predicted molar refractivity (Wildman–Crippen MR) is 41.0 cm³/mol. The molecule has 14 heavy (non-hydrogen) atoms. The Kier molecular flexibility index (Phi) is 3.01. The van der Waals surface area contributed by atoms with E-state index in [2.05, 4.69) is 4.74 Å². The van der Waals surface area contributed by atoms with Gasteiger partial charge in [-0.3, -0.25) is 4.57 Å². The van der Waals surface area contributed by atoms with E-state index in [-0.39, 0.29) is 0 Å². The van der Waals surface area contributed by atoms with Crippen LogP contribution in [0.5, 0.6) is 0 Å². The van der Waals surface area contributed by atoms with E-state index >= 15 is 0 Å². The molecule has 1 heterocycles. The number of hydrogen-bond acceptors (Lipinski definition) is 6. The molecule has 1 aliphatic heterocycles. The maximum absolute atomic E-state index is 10.7. The summed E-state index contributed by atoms with van der Waals surface area (Å²) in [5.41, 5.74) is -3.15. The zero-order valence-corrected chi connectivity index (χ0v) is 7.78. The molecule has 1 fully saturated rings. The molecule has 1 aliphatic rings. The van der Waals surface area contributed by atoms with Crippen molar-refractivity contribution in [3.8, 4) is 0 Å². The van der Waals surface area contributed by atoms with Crippen LogP contribution in [0.15, 0.2) is 0 Å². The minimum atomic E-state index is -5.16. The Morgan fingerprint density at radius 2 is 1.86 bits per heavy atom. The van der Waals surface area contributed by atoms with Crippen LogP contribution in [0.2, 0.25) is 0 Å². The Morgan fingerprint density at radius 1 is 1.36 bits per heavy atom. The van der Waals surface area contributed by atoms with E-state index in [1.807, 2.05) is 0 Å². The number of ether oxygens (including phenoxy) is 1. The lowest BCUT2D eigenvalue weighted by atomic mass is 10.1. The molecule has 0 saturated carbocycles. The molecule has 0 amide bonds. The van der Waals surface area contributed by atoms with E-state index in [9.17, 15) is 9.67 Å². The van der Waals surface area contributed by atoms with Crippen LogP contribution >= 0.6 is 7.60 Å². The summed E-state index contributed by atoms with van der Waals surface area (Å²) < 4.78 is 15.1. The van der Waals surface area contributed by atoms with Crippen molar-refractivity contribution in [2.24, 2.45) is 0 Å². The van der Waals surface area contributed by atoms with E-state index in [0.717, 1.165) is 0 Å². The van der Waals surface area contributed by atoms with Crippen LogP contribution in [0, 0.1) is 0 Å². The second-order valence-electron chi connectivity index (χ2n) is 2.98. The zero-order valence-electron chi connectivity index (χ0n) is 6.89. The van der Waals surface area contributed by atoms with Gasteiger partial charge in [0.05, 0.1) is 6.61 Å². The standard InChI is InChI=1S/C5H11O8P/c6-1-2-3(7)4(8)5(9,13-2)14(10,11)12/h2-4,6-9H,1H2,(H2,10,11,12)/t2-,3+,4-,5?/m1/s1. The SMILES string of the molecule is O=P(O)(O)C1(O)O[C@H](CO)[C@H](O)[C@H]1O. The van der Waals surface area contributed by atoms with Gasteiger partial charge in [0.15, 0.2) is 0 Å². The van der Waals surface area contributed by atoms with E-state index in [1.165, 1.54) is 0 Å². The molecule has 0 aromatic carbocycles. The fourth-order valence-electron chi connectivity index (χ4n) is 1.17. The summed E-state index contributed by atoms with van der Waals surface area (Å²) >= 11 is 0. The van der Waals surface area contributed by atoms with Gasteiger partial charge in [-0.15, -0.1) is 0 Å². The summed E-state index contributed by atoms with van der Waals surface area (Å²) in [6, 6.07) is 0. The highest BCUT2D eigenvalue weighted by Crippen LogP contribution is 2.55. The minimum Gasteiger partial charge on any atom is -0.394 e. The summed E-state index contributed by atoms with van der Waals surface area (Å²) in [4.78, 5) is 17.3. The molecule has 0 bridgehead atoms. The van der Waals surface area contributed by atoms with Crippen LogP contribution in [0.1, 0.15) is 0 Å². The van der Waals surface area contributed by atoms with Crippen LogP contribution in [0.25, 0.3) is 0 Å². The van der Waals surface area contributed by atoms with Crippen LogP contribution in [0.4, 0.5) is 0 Å². The van der Waals surface area contributed by atoms with Crippen LogP contribution in [0.3, 0.4) is 0 Å². The van der Waals surface area contributed by atoms with E-state index in [1.54, 1.807) is 0 Å². The smallest absolute Gasteiger partial charge is 0.387 e. The molecule has 0 aromatic heterocycles. The van der Waals surface area contributed by atoms with Crippen molar-refractivity contribution in [2.45, 2.75) is 23.8 Å². The predicted octanol–water partition coefficient (Wildman–Crippen LogP) is -3.08. The van der Waals surface area contributed by atoms with Gasteiger partial charge in [0.2, 0.25) is 0 Å².